The van der Waals surface area contributed by atoms with Gasteiger partial charge < -0.3 is 15.0 Å². The zero-order valence-corrected chi connectivity index (χ0v) is 16.1. The summed E-state index contributed by atoms with van der Waals surface area (Å²) >= 11 is 0. The lowest BCUT2D eigenvalue weighted by Gasteiger charge is -2.15. The normalized spacial score (nSPS) is 18.4. The van der Waals surface area contributed by atoms with E-state index in [2.05, 4.69) is 10.0 Å². The lowest BCUT2D eigenvalue weighted by Crippen LogP contribution is -2.39. The van der Waals surface area contributed by atoms with E-state index in [0.717, 1.165) is 12.1 Å². The van der Waals surface area contributed by atoms with Crippen molar-refractivity contribution in [1.82, 2.24) is 9.29 Å². The summed E-state index contributed by atoms with van der Waals surface area (Å²) < 4.78 is 56.5. The molecule has 1 aliphatic heterocycles. The molecule has 2 heterocycles. The molecule has 1 amide bonds. The predicted octanol–water partition coefficient (Wildman–Crippen LogP) is 1.48. The third kappa shape index (κ3) is 3.65. The quantitative estimate of drug-likeness (QED) is 0.691. The number of aliphatic hydroxyl groups is 1. The first-order valence-corrected chi connectivity index (χ1v) is 9.82. The molecule has 0 saturated heterocycles. The Labute approximate surface area is 165 Å². The number of aromatic nitrogens is 1. The number of benzene rings is 1. The largest absolute Gasteiger partial charge is 0.391 e. The number of anilines is 1. The summed E-state index contributed by atoms with van der Waals surface area (Å²) in [6, 6.07) is 2.28. The van der Waals surface area contributed by atoms with Crippen molar-refractivity contribution in [2.75, 3.05) is 5.32 Å². The van der Waals surface area contributed by atoms with Gasteiger partial charge in [-0.05, 0) is 19.1 Å². The van der Waals surface area contributed by atoms with Crippen LogP contribution in [0.3, 0.4) is 0 Å². The minimum Gasteiger partial charge on any atom is -0.391 e. The van der Waals surface area contributed by atoms with Gasteiger partial charge in [0.15, 0.2) is 5.82 Å². The summed E-state index contributed by atoms with van der Waals surface area (Å²) in [6.07, 6.45) is 2.97. The summed E-state index contributed by atoms with van der Waals surface area (Å²) in [5.74, 6) is -3.17. The molecule has 1 aromatic heterocycles. The number of nitrogens with zero attached hydrogens (tertiary/aromatic N) is 2. The highest BCUT2D eigenvalue weighted by Crippen LogP contribution is 2.28. The van der Waals surface area contributed by atoms with E-state index in [0.29, 0.717) is 0 Å². The van der Waals surface area contributed by atoms with Gasteiger partial charge in [-0.2, -0.15) is 5.26 Å². The van der Waals surface area contributed by atoms with Gasteiger partial charge in [-0.25, -0.2) is 21.9 Å². The highest BCUT2D eigenvalue weighted by atomic mass is 32.2. The van der Waals surface area contributed by atoms with Crippen LogP contribution in [-0.4, -0.2) is 36.1 Å². The Hall–Kier alpha value is -3.07. The molecule has 1 aliphatic rings. The van der Waals surface area contributed by atoms with Gasteiger partial charge in [0.2, 0.25) is 10.0 Å². The number of aliphatic hydroxyl groups excluding tert-OH is 1. The van der Waals surface area contributed by atoms with E-state index in [-0.39, 0.29) is 16.2 Å². The molecule has 0 aliphatic carbocycles. The third-order valence-corrected chi connectivity index (χ3v) is 5.91. The van der Waals surface area contributed by atoms with Gasteiger partial charge in [0.1, 0.15) is 28.0 Å². The number of amides is 1. The van der Waals surface area contributed by atoms with Crippen LogP contribution >= 0.6 is 0 Å². The molecule has 3 N–H and O–H groups in total. The SMILES string of the molecule is CC(O)[C@H]1C=Cc2c(cn(C)c2C(=O)Nc2ccc(F)c(C#N)c2F)S(=O)(=O)N1. The summed E-state index contributed by atoms with van der Waals surface area (Å²) in [6.45, 7) is 1.41. The predicted molar refractivity (Wildman–Crippen MR) is 99.3 cm³/mol. The van der Waals surface area contributed by atoms with E-state index in [1.165, 1.54) is 43.0 Å². The number of aryl methyl sites for hydroxylation is 1. The van der Waals surface area contributed by atoms with Crippen LogP contribution < -0.4 is 10.0 Å². The van der Waals surface area contributed by atoms with Gasteiger partial charge in [0.25, 0.3) is 5.91 Å². The van der Waals surface area contributed by atoms with Crippen molar-refractivity contribution in [2.45, 2.75) is 24.0 Å². The first kappa shape index (κ1) is 20.7. The molecule has 0 saturated carbocycles. The monoisotopic (exact) mass is 422 g/mol. The Morgan fingerprint density at radius 1 is 1.41 bits per heavy atom. The zero-order chi connectivity index (χ0) is 21.5. The van der Waals surface area contributed by atoms with Crippen LogP contribution in [0.25, 0.3) is 6.08 Å². The second kappa shape index (κ2) is 7.40. The number of carbonyl (C=O) groups excluding carboxylic acids is 1. The molecule has 8 nitrogen and oxygen atoms in total. The minimum atomic E-state index is -4.05. The molecule has 0 fully saturated rings. The van der Waals surface area contributed by atoms with E-state index in [4.69, 9.17) is 5.26 Å². The lowest BCUT2D eigenvalue weighted by atomic mass is 10.1. The Balaban J connectivity index is 2.06. The maximum atomic E-state index is 14.3. The second-order valence-electron chi connectivity index (χ2n) is 6.46. The van der Waals surface area contributed by atoms with Crippen molar-refractivity contribution < 1.29 is 27.1 Å². The van der Waals surface area contributed by atoms with E-state index < -0.39 is 51.0 Å². The summed E-state index contributed by atoms with van der Waals surface area (Å²) in [4.78, 5) is 12.6. The van der Waals surface area contributed by atoms with E-state index in [1.807, 2.05) is 0 Å². The Morgan fingerprint density at radius 3 is 2.72 bits per heavy atom. The molecule has 0 spiro atoms. The van der Waals surface area contributed by atoms with Crippen LogP contribution in [0.15, 0.2) is 29.3 Å². The number of nitriles is 1. The molecule has 1 unspecified atom stereocenters. The van der Waals surface area contributed by atoms with E-state index >= 15 is 0 Å². The topological polar surface area (TPSA) is 124 Å². The highest BCUT2D eigenvalue weighted by Gasteiger charge is 2.32. The number of rotatable bonds is 3. The van der Waals surface area contributed by atoms with Crippen LogP contribution in [0.2, 0.25) is 0 Å². The number of sulfonamides is 1. The summed E-state index contributed by atoms with van der Waals surface area (Å²) in [7, 11) is -2.61. The first-order valence-electron chi connectivity index (χ1n) is 8.34. The minimum absolute atomic E-state index is 0.0451. The number of nitrogens with one attached hydrogen (secondary N) is 2. The number of hydrogen-bond donors (Lipinski definition) is 3. The Kier molecular flexibility index (Phi) is 5.27. The molecule has 2 atom stereocenters. The lowest BCUT2D eigenvalue weighted by molar-refractivity contribution is 0.101. The molecule has 0 bridgehead atoms. The van der Waals surface area contributed by atoms with Gasteiger partial charge in [-0.15, -0.1) is 0 Å². The molecular weight excluding hydrogens is 406 g/mol. The summed E-state index contributed by atoms with van der Waals surface area (Å²) in [5.41, 5.74) is -1.33. The van der Waals surface area contributed by atoms with Crippen molar-refractivity contribution in [3.05, 3.63) is 52.9 Å². The average Bonchev–Trinajstić information content (AvgIpc) is 2.92. The molecule has 2 aromatic rings. The van der Waals surface area contributed by atoms with Crippen LogP contribution in [-0.2, 0) is 17.1 Å². The molecule has 1 aromatic carbocycles. The van der Waals surface area contributed by atoms with Crippen LogP contribution in [0, 0.1) is 23.0 Å². The number of hydrogen-bond acceptors (Lipinski definition) is 5. The van der Waals surface area contributed by atoms with Crippen molar-refractivity contribution >= 4 is 27.7 Å². The molecule has 0 radical (unpaired) electrons. The zero-order valence-electron chi connectivity index (χ0n) is 15.3. The van der Waals surface area contributed by atoms with Crippen molar-refractivity contribution in [2.24, 2.45) is 7.05 Å². The van der Waals surface area contributed by atoms with Crippen molar-refractivity contribution in [1.29, 1.82) is 5.26 Å². The average molecular weight is 422 g/mol. The van der Waals surface area contributed by atoms with Crippen LogP contribution in [0.4, 0.5) is 14.5 Å². The molecule has 152 valence electrons. The van der Waals surface area contributed by atoms with E-state index in [9.17, 15) is 27.1 Å². The molecule has 11 heteroatoms. The van der Waals surface area contributed by atoms with E-state index in [1.54, 1.807) is 0 Å². The smallest absolute Gasteiger partial charge is 0.273 e. The van der Waals surface area contributed by atoms with Gasteiger partial charge in [0, 0.05) is 18.8 Å². The number of halogens is 2. The summed E-state index contributed by atoms with van der Waals surface area (Å²) in [5, 5.41) is 20.8. The number of carbonyl (C=O) groups is 1. The maximum Gasteiger partial charge on any atom is 0.273 e. The van der Waals surface area contributed by atoms with Gasteiger partial charge in [-0.3, -0.25) is 4.79 Å². The second-order valence-corrected chi connectivity index (χ2v) is 8.15. The fourth-order valence-corrected chi connectivity index (χ4v) is 4.46. The molecule has 3 rings (SSSR count). The van der Waals surface area contributed by atoms with Crippen LogP contribution in [0.5, 0.6) is 0 Å². The number of fused-ring (bicyclic) bond motifs is 1. The van der Waals surface area contributed by atoms with Crippen molar-refractivity contribution in [3.63, 3.8) is 0 Å². The van der Waals surface area contributed by atoms with Crippen molar-refractivity contribution in [3.8, 4) is 6.07 Å². The maximum absolute atomic E-state index is 14.3. The van der Waals surface area contributed by atoms with Gasteiger partial charge >= 0.3 is 0 Å². The molecular formula is C18H16F2N4O4S. The Morgan fingerprint density at radius 2 is 2.10 bits per heavy atom. The van der Waals surface area contributed by atoms with Crippen LogP contribution in [0.1, 0.15) is 28.5 Å². The standard InChI is InChI=1S/C18H16F2N4O4S/c1-9(25)13-5-3-10-15(29(27,28)23-13)8-24(2)17(10)18(26)22-14-6-4-12(19)11(7-21)16(14)20/h3-6,8-9,13,23,25H,1-2H3,(H,22,26)/t9?,13-/m1/s1. The molecule has 29 heavy (non-hydrogen) atoms. The fourth-order valence-electron chi connectivity index (χ4n) is 2.95. The third-order valence-electron chi connectivity index (χ3n) is 4.42. The Bertz CT molecular complexity index is 1180. The van der Waals surface area contributed by atoms with Gasteiger partial charge in [0.05, 0.1) is 17.8 Å². The highest BCUT2D eigenvalue weighted by molar-refractivity contribution is 7.89. The fraction of sp³-hybridized carbons (Fsp3) is 0.222. The first-order chi connectivity index (χ1) is 13.6. The van der Waals surface area contributed by atoms with Gasteiger partial charge in [-0.1, -0.05) is 12.2 Å².